The van der Waals surface area contributed by atoms with Gasteiger partial charge in [-0.15, -0.1) is 4.31 Å². The predicted molar refractivity (Wildman–Crippen MR) is 78.5 cm³/mol. The zero-order valence-corrected chi connectivity index (χ0v) is 13.8. The average Bonchev–Trinajstić information content (AvgIpc) is 2.29. The van der Waals surface area contributed by atoms with Crippen LogP contribution in [0.1, 0.15) is 32.4 Å². The molecule has 0 aromatic heterocycles. The fourth-order valence-electron chi connectivity index (χ4n) is 1.71. The van der Waals surface area contributed by atoms with E-state index in [1.165, 1.54) is 11.4 Å². The van der Waals surface area contributed by atoms with E-state index in [-0.39, 0.29) is 0 Å². The smallest absolute Gasteiger partial charge is 0.262 e. The van der Waals surface area contributed by atoms with Crippen LogP contribution in [0.5, 0.6) is 0 Å². The third-order valence-electron chi connectivity index (χ3n) is 2.63. The molecule has 0 spiro atoms. The SMILES string of the molecule is CN([C@@H](c1ccc(Br)cc1)C(F)F)[S+]([O-])C(C)(C)C. The van der Waals surface area contributed by atoms with Crippen molar-refractivity contribution in [3.05, 3.63) is 34.3 Å². The normalized spacial score (nSPS) is 15.9. The first kappa shape index (κ1) is 16.9. The minimum atomic E-state index is -2.60. The molecule has 0 N–H and O–H groups in total. The molecule has 2 atom stereocenters. The standard InChI is InChI=1S/C13H18BrF2NOS/c1-13(2,3)19(18)17(4)11(12(15)16)9-5-7-10(14)8-6-9/h5-8,11-12H,1-4H3/t11-,19?/m0/s1. The minimum Gasteiger partial charge on any atom is -0.597 e. The minimum absolute atomic E-state index is 0.457. The van der Waals surface area contributed by atoms with Gasteiger partial charge in [-0.25, -0.2) is 8.78 Å². The second kappa shape index (κ2) is 6.52. The number of halogens is 3. The van der Waals surface area contributed by atoms with Gasteiger partial charge in [0.1, 0.15) is 10.8 Å². The van der Waals surface area contributed by atoms with E-state index in [0.29, 0.717) is 5.56 Å². The van der Waals surface area contributed by atoms with Gasteiger partial charge in [-0.1, -0.05) is 28.1 Å². The van der Waals surface area contributed by atoms with Crippen LogP contribution in [0.25, 0.3) is 0 Å². The maximum absolute atomic E-state index is 13.3. The average molecular weight is 354 g/mol. The van der Waals surface area contributed by atoms with Crippen LogP contribution in [0.3, 0.4) is 0 Å². The predicted octanol–water partition coefficient (Wildman–Crippen LogP) is 4.15. The molecule has 0 saturated heterocycles. The molecule has 6 heteroatoms. The molecule has 0 fully saturated rings. The molecular formula is C13H18BrF2NOS. The Morgan fingerprint density at radius 2 is 1.68 bits per heavy atom. The van der Waals surface area contributed by atoms with Crippen LogP contribution < -0.4 is 0 Å². The summed E-state index contributed by atoms with van der Waals surface area (Å²) in [5.74, 6) is 0. The van der Waals surface area contributed by atoms with Gasteiger partial charge in [0.15, 0.2) is 0 Å². The molecular weight excluding hydrogens is 336 g/mol. The van der Waals surface area contributed by atoms with Crippen molar-refractivity contribution in [1.82, 2.24) is 4.31 Å². The lowest BCUT2D eigenvalue weighted by Gasteiger charge is -2.34. The highest BCUT2D eigenvalue weighted by Gasteiger charge is 2.39. The molecule has 1 aromatic carbocycles. The number of alkyl halides is 2. The summed E-state index contributed by atoms with van der Waals surface area (Å²) >= 11 is 1.77. The summed E-state index contributed by atoms with van der Waals surface area (Å²) in [4.78, 5) is 0. The highest BCUT2D eigenvalue weighted by atomic mass is 79.9. The summed E-state index contributed by atoms with van der Waals surface area (Å²) in [6.07, 6.45) is -2.60. The second-order valence-electron chi connectivity index (χ2n) is 5.24. The highest BCUT2D eigenvalue weighted by molar-refractivity contribution is 9.10. The Morgan fingerprint density at radius 3 is 2.05 bits per heavy atom. The van der Waals surface area contributed by atoms with E-state index in [1.807, 2.05) is 0 Å². The molecule has 0 aliphatic carbocycles. The van der Waals surface area contributed by atoms with Crippen LogP contribution in [0.4, 0.5) is 8.78 Å². The van der Waals surface area contributed by atoms with Gasteiger partial charge in [-0.2, -0.15) is 0 Å². The van der Waals surface area contributed by atoms with Crippen molar-refractivity contribution < 1.29 is 13.3 Å². The third-order valence-corrected chi connectivity index (χ3v) is 4.95. The van der Waals surface area contributed by atoms with Crippen molar-refractivity contribution in [3.8, 4) is 0 Å². The van der Waals surface area contributed by atoms with Gasteiger partial charge >= 0.3 is 0 Å². The van der Waals surface area contributed by atoms with E-state index in [2.05, 4.69) is 15.9 Å². The second-order valence-corrected chi connectivity index (χ2v) is 8.45. The number of hydrogen-bond acceptors (Lipinski definition) is 2. The first-order chi connectivity index (χ1) is 8.64. The Hall–Kier alpha value is -0.170. The van der Waals surface area contributed by atoms with Crippen LogP contribution in [0, 0.1) is 0 Å². The molecule has 1 unspecified atom stereocenters. The van der Waals surface area contributed by atoms with E-state index in [1.54, 1.807) is 45.0 Å². The third kappa shape index (κ3) is 4.41. The van der Waals surface area contributed by atoms with Crippen molar-refractivity contribution in [2.24, 2.45) is 0 Å². The topological polar surface area (TPSA) is 26.3 Å². The first-order valence-electron chi connectivity index (χ1n) is 5.83. The molecule has 0 bridgehead atoms. The van der Waals surface area contributed by atoms with Gasteiger partial charge in [-0.3, -0.25) is 0 Å². The summed E-state index contributed by atoms with van der Waals surface area (Å²) < 4.78 is 40.3. The molecule has 1 rings (SSSR count). The largest absolute Gasteiger partial charge is 0.597 e. The lowest BCUT2D eigenvalue weighted by molar-refractivity contribution is 0.0692. The van der Waals surface area contributed by atoms with Crippen LogP contribution >= 0.6 is 15.9 Å². The summed E-state index contributed by atoms with van der Waals surface area (Å²) in [6.45, 7) is 5.30. The molecule has 0 aliphatic heterocycles. The summed E-state index contributed by atoms with van der Waals surface area (Å²) in [7, 11) is 1.47. The fourth-order valence-corrected chi connectivity index (χ4v) is 3.26. The van der Waals surface area contributed by atoms with Crippen LogP contribution in [-0.2, 0) is 11.4 Å². The van der Waals surface area contributed by atoms with Gasteiger partial charge in [0.25, 0.3) is 6.43 Å². The molecule has 1 aromatic rings. The van der Waals surface area contributed by atoms with Crippen LogP contribution in [0.15, 0.2) is 28.7 Å². The van der Waals surface area contributed by atoms with E-state index in [0.717, 1.165) is 4.47 Å². The number of nitrogens with zero attached hydrogens (tertiary/aromatic N) is 1. The number of rotatable bonds is 4. The molecule has 0 radical (unpaired) electrons. The first-order valence-corrected chi connectivity index (χ1v) is 7.73. The molecule has 0 amide bonds. The van der Waals surface area contributed by atoms with Gasteiger partial charge in [0, 0.05) is 22.9 Å². The maximum Gasteiger partial charge on any atom is 0.262 e. The Labute approximate surface area is 124 Å². The molecule has 0 heterocycles. The van der Waals surface area contributed by atoms with Gasteiger partial charge < -0.3 is 4.55 Å². The summed E-state index contributed by atoms with van der Waals surface area (Å²) in [5, 5.41) is 0. The quantitative estimate of drug-likeness (QED) is 0.760. The Morgan fingerprint density at radius 1 is 1.21 bits per heavy atom. The summed E-state index contributed by atoms with van der Waals surface area (Å²) in [6, 6.07) is 5.49. The zero-order chi connectivity index (χ0) is 14.8. The number of benzene rings is 1. The van der Waals surface area contributed by atoms with E-state index < -0.39 is 28.6 Å². The molecule has 19 heavy (non-hydrogen) atoms. The van der Waals surface area contributed by atoms with Gasteiger partial charge in [0.2, 0.25) is 0 Å². The van der Waals surface area contributed by atoms with Gasteiger partial charge in [0.05, 0.1) is 0 Å². The molecule has 0 saturated carbocycles. The maximum atomic E-state index is 13.3. The highest BCUT2D eigenvalue weighted by Crippen LogP contribution is 2.33. The van der Waals surface area contributed by atoms with Crippen molar-refractivity contribution in [1.29, 1.82) is 0 Å². The zero-order valence-electron chi connectivity index (χ0n) is 11.4. The number of hydrogen-bond donors (Lipinski definition) is 0. The van der Waals surface area contributed by atoms with Crippen LogP contribution in [0.2, 0.25) is 0 Å². The Kier molecular flexibility index (Phi) is 5.79. The van der Waals surface area contributed by atoms with E-state index in [9.17, 15) is 13.3 Å². The van der Waals surface area contributed by atoms with Crippen molar-refractivity contribution in [2.75, 3.05) is 7.05 Å². The Balaban J connectivity index is 3.04. The van der Waals surface area contributed by atoms with Crippen molar-refractivity contribution in [2.45, 2.75) is 38.0 Å². The Bertz CT molecular complexity index is 408. The monoisotopic (exact) mass is 353 g/mol. The lowest BCUT2D eigenvalue weighted by Crippen LogP contribution is -2.44. The van der Waals surface area contributed by atoms with Gasteiger partial charge in [-0.05, 0) is 38.5 Å². The van der Waals surface area contributed by atoms with E-state index in [4.69, 9.17) is 0 Å². The van der Waals surface area contributed by atoms with E-state index >= 15 is 0 Å². The van der Waals surface area contributed by atoms with Crippen molar-refractivity contribution >= 4 is 27.3 Å². The summed E-state index contributed by atoms with van der Waals surface area (Å²) in [5.41, 5.74) is 0.457. The molecule has 108 valence electrons. The molecule has 2 nitrogen and oxygen atoms in total. The molecule has 0 aliphatic rings. The van der Waals surface area contributed by atoms with Crippen molar-refractivity contribution in [3.63, 3.8) is 0 Å². The van der Waals surface area contributed by atoms with Crippen LogP contribution in [-0.4, -0.2) is 27.1 Å². The lowest BCUT2D eigenvalue weighted by atomic mass is 10.1. The fraction of sp³-hybridized carbons (Fsp3) is 0.538.